The molecule has 1 heterocycles. The Labute approximate surface area is 100.0 Å². The fourth-order valence-corrected chi connectivity index (χ4v) is 1.56. The number of nitriles is 2. The minimum atomic E-state index is -0.684. The highest BCUT2D eigenvalue weighted by molar-refractivity contribution is 5.99. The second-order valence-corrected chi connectivity index (χ2v) is 4.12. The number of carbonyl (C=O) groups is 1. The highest BCUT2D eigenvalue weighted by atomic mass is 16.5. The van der Waals surface area contributed by atoms with E-state index >= 15 is 0 Å². The first-order valence-corrected chi connectivity index (χ1v) is 5.06. The van der Waals surface area contributed by atoms with Crippen molar-refractivity contribution in [1.29, 1.82) is 10.5 Å². The van der Waals surface area contributed by atoms with Crippen LogP contribution in [0.15, 0.2) is 22.5 Å². The molecule has 17 heavy (non-hydrogen) atoms. The summed E-state index contributed by atoms with van der Waals surface area (Å²) in [6, 6.07) is 3.48. The van der Waals surface area contributed by atoms with E-state index in [9.17, 15) is 4.79 Å². The minimum Gasteiger partial charge on any atom is -0.480 e. The zero-order chi connectivity index (χ0) is 13.2. The van der Waals surface area contributed by atoms with Crippen molar-refractivity contribution in [3.05, 3.63) is 22.5 Å². The molecule has 0 radical (unpaired) electrons. The van der Waals surface area contributed by atoms with E-state index in [0.29, 0.717) is 5.57 Å². The standard InChI is InChI=1S/C12H13N3O2/c1-7-9(11(16)15-4)10(8(5-13)6-14)17-12(7,2)3/h1-4H3,(H,15,16). The Morgan fingerprint density at radius 3 is 2.29 bits per heavy atom. The lowest BCUT2D eigenvalue weighted by molar-refractivity contribution is -0.116. The molecule has 1 aliphatic rings. The van der Waals surface area contributed by atoms with Gasteiger partial charge in [-0.3, -0.25) is 4.79 Å². The molecule has 0 aromatic rings. The molecule has 1 amide bonds. The van der Waals surface area contributed by atoms with E-state index in [2.05, 4.69) is 5.32 Å². The lowest BCUT2D eigenvalue weighted by atomic mass is 9.96. The maximum absolute atomic E-state index is 11.8. The molecule has 0 saturated carbocycles. The number of rotatable bonds is 1. The number of allylic oxidation sites excluding steroid dienone is 1. The third-order valence-corrected chi connectivity index (χ3v) is 2.77. The Balaban J connectivity index is 3.51. The molecule has 0 fully saturated rings. The summed E-state index contributed by atoms with van der Waals surface area (Å²) in [6.07, 6.45) is 0. The van der Waals surface area contributed by atoms with Gasteiger partial charge in [-0.05, 0) is 26.3 Å². The Morgan fingerprint density at radius 2 is 1.88 bits per heavy atom. The van der Waals surface area contributed by atoms with Crippen molar-refractivity contribution in [1.82, 2.24) is 5.32 Å². The van der Waals surface area contributed by atoms with Crippen LogP contribution in [0.25, 0.3) is 0 Å². The van der Waals surface area contributed by atoms with Gasteiger partial charge >= 0.3 is 0 Å². The first kappa shape index (κ1) is 12.8. The quantitative estimate of drug-likeness (QED) is 0.686. The third-order valence-electron chi connectivity index (χ3n) is 2.77. The predicted octanol–water partition coefficient (Wildman–Crippen LogP) is 1.16. The number of amides is 1. The summed E-state index contributed by atoms with van der Waals surface area (Å²) in [6.45, 7) is 5.32. The molecule has 1 N–H and O–H groups in total. The van der Waals surface area contributed by atoms with Crippen LogP contribution in [0.1, 0.15) is 20.8 Å². The van der Waals surface area contributed by atoms with E-state index in [1.165, 1.54) is 7.05 Å². The van der Waals surface area contributed by atoms with Gasteiger partial charge in [0, 0.05) is 7.05 Å². The van der Waals surface area contributed by atoms with Crippen LogP contribution < -0.4 is 5.32 Å². The predicted molar refractivity (Wildman–Crippen MR) is 60.2 cm³/mol. The average Bonchev–Trinajstić information content (AvgIpc) is 2.51. The summed E-state index contributed by atoms with van der Waals surface area (Å²) in [5, 5.41) is 20.2. The third kappa shape index (κ3) is 2.00. The molecule has 0 unspecified atom stereocenters. The molecule has 1 aliphatic heterocycles. The normalized spacial score (nSPS) is 16.9. The lowest BCUT2D eigenvalue weighted by Crippen LogP contribution is -2.22. The maximum atomic E-state index is 11.8. The monoisotopic (exact) mass is 231 g/mol. The number of hydrogen-bond donors (Lipinski definition) is 1. The van der Waals surface area contributed by atoms with Crippen molar-refractivity contribution in [3.63, 3.8) is 0 Å². The molecule has 0 atom stereocenters. The smallest absolute Gasteiger partial charge is 0.254 e. The Kier molecular flexibility index (Phi) is 3.24. The van der Waals surface area contributed by atoms with Crippen LogP contribution in [0.4, 0.5) is 0 Å². The molecular formula is C12H13N3O2. The van der Waals surface area contributed by atoms with Crippen LogP contribution >= 0.6 is 0 Å². The highest BCUT2D eigenvalue weighted by Crippen LogP contribution is 2.39. The van der Waals surface area contributed by atoms with Crippen LogP contribution in [-0.4, -0.2) is 18.6 Å². The van der Waals surface area contributed by atoms with Crippen molar-refractivity contribution in [2.75, 3.05) is 7.05 Å². The molecular weight excluding hydrogens is 218 g/mol. The SMILES string of the molecule is CNC(=O)C1=C(C)C(C)(C)OC1=C(C#N)C#N. The van der Waals surface area contributed by atoms with Crippen molar-refractivity contribution in [3.8, 4) is 12.1 Å². The van der Waals surface area contributed by atoms with Gasteiger partial charge in [0.15, 0.2) is 11.3 Å². The summed E-state index contributed by atoms with van der Waals surface area (Å²) in [7, 11) is 1.49. The van der Waals surface area contributed by atoms with E-state index in [1.807, 2.05) is 0 Å². The van der Waals surface area contributed by atoms with Crippen LogP contribution in [-0.2, 0) is 9.53 Å². The van der Waals surface area contributed by atoms with E-state index < -0.39 is 5.60 Å². The topological polar surface area (TPSA) is 85.9 Å². The Bertz CT molecular complexity index is 497. The molecule has 0 aromatic carbocycles. The molecule has 0 bridgehead atoms. The zero-order valence-electron chi connectivity index (χ0n) is 10.2. The molecule has 88 valence electrons. The number of hydrogen-bond acceptors (Lipinski definition) is 4. The number of likely N-dealkylation sites (N-methyl/N-ethyl adjacent to an activating group) is 1. The lowest BCUT2D eigenvalue weighted by Gasteiger charge is -2.20. The van der Waals surface area contributed by atoms with E-state index in [-0.39, 0.29) is 22.8 Å². The van der Waals surface area contributed by atoms with E-state index in [4.69, 9.17) is 15.3 Å². The van der Waals surface area contributed by atoms with Crippen molar-refractivity contribution in [2.45, 2.75) is 26.4 Å². The molecule has 0 aromatic heterocycles. The molecule has 0 saturated heterocycles. The van der Waals surface area contributed by atoms with Gasteiger partial charge in [-0.1, -0.05) is 0 Å². The summed E-state index contributed by atoms with van der Waals surface area (Å²) in [4.78, 5) is 11.8. The van der Waals surface area contributed by atoms with Crippen molar-refractivity contribution in [2.24, 2.45) is 0 Å². The summed E-state index contributed by atoms with van der Waals surface area (Å²) < 4.78 is 5.54. The summed E-state index contributed by atoms with van der Waals surface area (Å²) in [5.41, 5.74) is 0.106. The molecule has 5 nitrogen and oxygen atoms in total. The molecule has 5 heteroatoms. The van der Waals surface area contributed by atoms with E-state index in [0.717, 1.165) is 0 Å². The summed E-state index contributed by atoms with van der Waals surface area (Å²) >= 11 is 0. The number of ether oxygens (including phenoxy) is 1. The number of carbonyl (C=O) groups excluding carboxylic acids is 1. The zero-order valence-corrected chi connectivity index (χ0v) is 10.2. The van der Waals surface area contributed by atoms with Gasteiger partial charge in [0.2, 0.25) is 0 Å². The van der Waals surface area contributed by atoms with Gasteiger partial charge in [0.25, 0.3) is 5.91 Å². The van der Waals surface area contributed by atoms with Gasteiger partial charge in [-0.2, -0.15) is 10.5 Å². The van der Waals surface area contributed by atoms with Gasteiger partial charge in [-0.25, -0.2) is 0 Å². The molecule has 0 aliphatic carbocycles. The fourth-order valence-electron chi connectivity index (χ4n) is 1.56. The Hall–Kier alpha value is -2.27. The van der Waals surface area contributed by atoms with Gasteiger partial charge in [0.05, 0.1) is 5.57 Å². The van der Waals surface area contributed by atoms with Crippen molar-refractivity contribution < 1.29 is 9.53 Å². The number of nitrogens with zero attached hydrogens (tertiary/aromatic N) is 2. The average molecular weight is 231 g/mol. The first-order chi connectivity index (χ1) is 7.88. The maximum Gasteiger partial charge on any atom is 0.254 e. The van der Waals surface area contributed by atoms with Gasteiger partial charge < -0.3 is 10.1 Å². The van der Waals surface area contributed by atoms with Crippen LogP contribution in [0.3, 0.4) is 0 Å². The van der Waals surface area contributed by atoms with E-state index in [1.54, 1.807) is 32.9 Å². The molecule has 1 rings (SSSR count). The first-order valence-electron chi connectivity index (χ1n) is 5.06. The van der Waals surface area contributed by atoms with Crippen molar-refractivity contribution >= 4 is 5.91 Å². The minimum absolute atomic E-state index is 0.0665. The second kappa shape index (κ2) is 4.31. The number of nitrogens with one attached hydrogen (secondary N) is 1. The summed E-state index contributed by atoms with van der Waals surface area (Å²) in [5.74, 6) is -0.289. The Morgan fingerprint density at radius 1 is 1.35 bits per heavy atom. The fraction of sp³-hybridized carbons (Fsp3) is 0.417. The largest absolute Gasteiger partial charge is 0.480 e. The van der Waals surface area contributed by atoms with Gasteiger partial charge in [0.1, 0.15) is 17.7 Å². The van der Waals surface area contributed by atoms with Gasteiger partial charge in [-0.15, -0.1) is 0 Å². The van der Waals surface area contributed by atoms with Crippen LogP contribution in [0.2, 0.25) is 0 Å². The highest BCUT2D eigenvalue weighted by Gasteiger charge is 2.39. The molecule has 0 spiro atoms. The second-order valence-electron chi connectivity index (χ2n) is 4.12. The van der Waals surface area contributed by atoms with Crippen LogP contribution in [0.5, 0.6) is 0 Å². The van der Waals surface area contributed by atoms with Crippen LogP contribution in [0, 0.1) is 22.7 Å².